The Morgan fingerprint density at radius 2 is 2.00 bits per heavy atom. The maximum atomic E-state index is 12.3. The Balaban J connectivity index is 1.87. The standard InChI is InChI=1S/C16H11BrN2O2/c17-14-4-3-11(7-18)15(6-14)19-16(20)10-1-2-12-8-21-9-13(12)5-10/h1-6H,8-9H2,(H,19,20). The van der Waals surface area contributed by atoms with Crippen molar-refractivity contribution < 1.29 is 9.53 Å². The zero-order valence-corrected chi connectivity index (χ0v) is 12.6. The lowest BCUT2D eigenvalue weighted by Crippen LogP contribution is -2.13. The van der Waals surface area contributed by atoms with Gasteiger partial charge in [0.2, 0.25) is 0 Å². The third kappa shape index (κ3) is 2.82. The van der Waals surface area contributed by atoms with Crippen LogP contribution in [0.2, 0.25) is 0 Å². The highest BCUT2D eigenvalue weighted by Crippen LogP contribution is 2.24. The maximum absolute atomic E-state index is 12.3. The number of amides is 1. The molecule has 0 spiro atoms. The van der Waals surface area contributed by atoms with Crippen molar-refractivity contribution in [3.05, 3.63) is 63.1 Å². The molecule has 1 amide bonds. The van der Waals surface area contributed by atoms with E-state index in [0.29, 0.717) is 30.0 Å². The van der Waals surface area contributed by atoms with Crippen LogP contribution in [0.15, 0.2) is 40.9 Å². The van der Waals surface area contributed by atoms with E-state index >= 15 is 0 Å². The van der Waals surface area contributed by atoms with Gasteiger partial charge in [0, 0.05) is 10.0 Å². The molecule has 0 radical (unpaired) electrons. The first-order valence-corrected chi connectivity index (χ1v) is 7.17. The lowest BCUT2D eigenvalue weighted by Gasteiger charge is -2.08. The molecular weight excluding hydrogens is 332 g/mol. The molecule has 0 unspecified atom stereocenters. The van der Waals surface area contributed by atoms with Crippen LogP contribution in [0.3, 0.4) is 0 Å². The smallest absolute Gasteiger partial charge is 0.255 e. The summed E-state index contributed by atoms with van der Waals surface area (Å²) in [5.74, 6) is -0.237. The number of carbonyl (C=O) groups excluding carboxylic acids is 1. The van der Waals surface area contributed by atoms with Crippen molar-refractivity contribution in [2.45, 2.75) is 13.2 Å². The van der Waals surface area contributed by atoms with E-state index in [4.69, 9.17) is 10.00 Å². The summed E-state index contributed by atoms with van der Waals surface area (Å²) in [5.41, 5.74) is 3.64. The van der Waals surface area contributed by atoms with Gasteiger partial charge in [0.25, 0.3) is 5.91 Å². The summed E-state index contributed by atoms with van der Waals surface area (Å²) in [6, 6.07) is 12.7. The van der Waals surface area contributed by atoms with Crippen LogP contribution in [0.25, 0.3) is 0 Å². The first-order chi connectivity index (χ1) is 10.2. The number of carbonyl (C=O) groups is 1. The van der Waals surface area contributed by atoms with Crippen molar-refractivity contribution in [1.82, 2.24) is 0 Å². The second kappa shape index (κ2) is 5.68. The van der Waals surface area contributed by atoms with Gasteiger partial charge in [-0.05, 0) is 41.5 Å². The quantitative estimate of drug-likeness (QED) is 0.906. The van der Waals surface area contributed by atoms with Crippen molar-refractivity contribution in [2.75, 3.05) is 5.32 Å². The average molecular weight is 343 g/mol. The molecule has 1 aliphatic heterocycles. The number of rotatable bonds is 2. The molecule has 2 aromatic carbocycles. The number of fused-ring (bicyclic) bond motifs is 1. The fourth-order valence-electron chi connectivity index (χ4n) is 2.23. The zero-order valence-electron chi connectivity index (χ0n) is 11.0. The first-order valence-electron chi connectivity index (χ1n) is 6.38. The minimum absolute atomic E-state index is 0.237. The van der Waals surface area contributed by atoms with Crippen LogP contribution >= 0.6 is 15.9 Å². The van der Waals surface area contributed by atoms with Crippen molar-refractivity contribution in [3.8, 4) is 6.07 Å². The van der Waals surface area contributed by atoms with Crippen LogP contribution in [0, 0.1) is 11.3 Å². The molecule has 0 saturated heterocycles. The molecule has 0 aliphatic carbocycles. The summed E-state index contributed by atoms with van der Waals surface area (Å²) in [5, 5.41) is 11.9. The number of benzene rings is 2. The normalized spacial score (nSPS) is 12.6. The van der Waals surface area contributed by atoms with Gasteiger partial charge < -0.3 is 10.1 Å². The molecule has 2 aromatic rings. The van der Waals surface area contributed by atoms with E-state index in [0.717, 1.165) is 15.6 Å². The topological polar surface area (TPSA) is 62.1 Å². The highest BCUT2D eigenvalue weighted by atomic mass is 79.9. The summed E-state index contributed by atoms with van der Waals surface area (Å²) in [7, 11) is 0. The van der Waals surface area contributed by atoms with Crippen LogP contribution in [0.1, 0.15) is 27.0 Å². The Morgan fingerprint density at radius 1 is 1.19 bits per heavy atom. The van der Waals surface area contributed by atoms with E-state index in [1.54, 1.807) is 24.3 Å². The number of hydrogen-bond donors (Lipinski definition) is 1. The van der Waals surface area contributed by atoms with E-state index < -0.39 is 0 Å². The molecule has 1 heterocycles. The van der Waals surface area contributed by atoms with Crippen LogP contribution in [-0.4, -0.2) is 5.91 Å². The maximum Gasteiger partial charge on any atom is 0.255 e. The lowest BCUT2D eigenvalue weighted by molar-refractivity contribution is 0.102. The molecule has 0 saturated carbocycles. The summed E-state index contributed by atoms with van der Waals surface area (Å²) in [4.78, 5) is 12.3. The third-order valence-corrected chi connectivity index (χ3v) is 3.83. The van der Waals surface area contributed by atoms with E-state index in [2.05, 4.69) is 27.3 Å². The van der Waals surface area contributed by atoms with E-state index in [-0.39, 0.29) is 5.91 Å². The van der Waals surface area contributed by atoms with E-state index in [9.17, 15) is 4.79 Å². The van der Waals surface area contributed by atoms with Gasteiger partial charge >= 0.3 is 0 Å². The molecular formula is C16H11BrN2O2. The van der Waals surface area contributed by atoms with Gasteiger partial charge in [-0.25, -0.2) is 0 Å². The summed E-state index contributed by atoms with van der Waals surface area (Å²) in [6.45, 7) is 1.14. The van der Waals surface area contributed by atoms with Crippen LogP contribution in [0.4, 0.5) is 5.69 Å². The largest absolute Gasteiger partial charge is 0.372 e. The fourth-order valence-corrected chi connectivity index (χ4v) is 2.59. The highest BCUT2D eigenvalue weighted by molar-refractivity contribution is 9.10. The molecule has 3 rings (SSSR count). The van der Waals surface area contributed by atoms with Crippen molar-refractivity contribution in [3.63, 3.8) is 0 Å². The van der Waals surface area contributed by atoms with Crippen LogP contribution in [0.5, 0.6) is 0 Å². The Hall–Kier alpha value is -2.16. The number of anilines is 1. The van der Waals surface area contributed by atoms with Gasteiger partial charge in [0.1, 0.15) is 6.07 Å². The summed E-state index contributed by atoms with van der Waals surface area (Å²) in [6.07, 6.45) is 0. The average Bonchev–Trinajstić information content (AvgIpc) is 2.94. The molecule has 1 N–H and O–H groups in total. The van der Waals surface area contributed by atoms with Crippen molar-refractivity contribution in [1.29, 1.82) is 5.26 Å². The lowest BCUT2D eigenvalue weighted by atomic mass is 10.1. The predicted molar refractivity (Wildman–Crippen MR) is 81.7 cm³/mol. The van der Waals surface area contributed by atoms with Gasteiger partial charge in [-0.15, -0.1) is 0 Å². The molecule has 0 aromatic heterocycles. The Labute approximate surface area is 130 Å². The molecule has 4 nitrogen and oxygen atoms in total. The second-order valence-electron chi connectivity index (χ2n) is 4.73. The first kappa shape index (κ1) is 13.8. The molecule has 5 heteroatoms. The van der Waals surface area contributed by atoms with E-state index in [1.807, 2.05) is 12.1 Å². The number of nitrogens with zero attached hydrogens (tertiary/aromatic N) is 1. The van der Waals surface area contributed by atoms with Gasteiger partial charge in [0.15, 0.2) is 0 Å². The summed E-state index contributed by atoms with van der Waals surface area (Å²) >= 11 is 3.34. The number of nitriles is 1. The minimum Gasteiger partial charge on any atom is -0.372 e. The third-order valence-electron chi connectivity index (χ3n) is 3.33. The van der Waals surface area contributed by atoms with Gasteiger partial charge in [-0.2, -0.15) is 5.26 Å². The molecule has 21 heavy (non-hydrogen) atoms. The highest BCUT2D eigenvalue weighted by Gasteiger charge is 2.15. The number of halogens is 1. The molecule has 1 aliphatic rings. The fraction of sp³-hybridized carbons (Fsp3) is 0.125. The Kier molecular flexibility index (Phi) is 3.74. The van der Waals surface area contributed by atoms with Crippen molar-refractivity contribution in [2.24, 2.45) is 0 Å². The SMILES string of the molecule is N#Cc1ccc(Br)cc1NC(=O)c1ccc2c(c1)COC2. The molecule has 0 bridgehead atoms. The minimum atomic E-state index is -0.237. The zero-order chi connectivity index (χ0) is 14.8. The van der Waals surface area contributed by atoms with Gasteiger partial charge in [-0.3, -0.25) is 4.79 Å². The van der Waals surface area contributed by atoms with Gasteiger partial charge in [0.05, 0.1) is 24.5 Å². The van der Waals surface area contributed by atoms with Crippen LogP contribution < -0.4 is 5.32 Å². The van der Waals surface area contributed by atoms with Gasteiger partial charge in [-0.1, -0.05) is 22.0 Å². The van der Waals surface area contributed by atoms with E-state index in [1.165, 1.54) is 0 Å². The Morgan fingerprint density at radius 3 is 2.81 bits per heavy atom. The molecule has 104 valence electrons. The second-order valence-corrected chi connectivity index (χ2v) is 5.65. The number of hydrogen-bond acceptors (Lipinski definition) is 3. The van der Waals surface area contributed by atoms with Crippen molar-refractivity contribution >= 4 is 27.5 Å². The Bertz CT molecular complexity index is 765. The number of nitrogens with one attached hydrogen (secondary N) is 1. The molecule has 0 atom stereocenters. The monoisotopic (exact) mass is 342 g/mol. The molecule has 0 fully saturated rings. The number of ether oxygens (including phenoxy) is 1. The summed E-state index contributed by atoms with van der Waals surface area (Å²) < 4.78 is 6.14. The predicted octanol–water partition coefficient (Wildman–Crippen LogP) is 3.60. The van der Waals surface area contributed by atoms with Crippen LogP contribution in [-0.2, 0) is 18.0 Å².